The molecule has 5 nitrogen and oxygen atoms in total. The molecule has 1 aromatic carbocycles. The summed E-state index contributed by atoms with van der Waals surface area (Å²) in [7, 11) is 0. The van der Waals surface area contributed by atoms with Gasteiger partial charge in [0.25, 0.3) is 0 Å². The highest BCUT2D eigenvalue weighted by atomic mass is 16.5. The van der Waals surface area contributed by atoms with Crippen LogP contribution in [0.3, 0.4) is 0 Å². The van der Waals surface area contributed by atoms with Crippen molar-refractivity contribution < 1.29 is 19.4 Å². The second-order valence-electron chi connectivity index (χ2n) is 7.57. The summed E-state index contributed by atoms with van der Waals surface area (Å²) in [5.41, 5.74) is 2.26. The fourth-order valence-electron chi connectivity index (χ4n) is 2.90. The lowest BCUT2D eigenvalue weighted by Gasteiger charge is -2.26. The molecule has 1 aromatic rings. The summed E-state index contributed by atoms with van der Waals surface area (Å²) in [6, 6.07) is 7.08. The van der Waals surface area contributed by atoms with Crippen molar-refractivity contribution in [3.63, 3.8) is 0 Å². The highest BCUT2D eigenvalue weighted by molar-refractivity contribution is 5.83. The minimum Gasteiger partial charge on any atom is -0.480 e. The van der Waals surface area contributed by atoms with E-state index in [1.165, 1.54) is 5.56 Å². The largest absolute Gasteiger partial charge is 0.480 e. The summed E-state index contributed by atoms with van der Waals surface area (Å²) in [5.74, 6) is -1.27. The molecule has 2 unspecified atom stereocenters. The molecule has 0 saturated carbocycles. The summed E-state index contributed by atoms with van der Waals surface area (Å²) in [5, 5.41) is 12.0. The van der Waals surface area contributed by atoms with Gasteiger partial charge >= 0.3 is 5.97 Å². The van der Waals surface area contributed by atoms with Crippen LogP contribution in [0.5, 0.6) is 0 Å². The summed E-state index contributed by atoms with van der Waals surface area (Å²) >= 11 is 0. The molecule has 2 N–H and O–H groups in total. The molecule has 0 radical (unpaired) electrons. The van der Waals surface area contributed by atoms with Crippen LogP contribution in [0, 0.1) is 5.41 Å². The van der Waals surface area contributed by atoms with E-state index >= 15 is 0 Å². The molecule has 1 aliphatic rings. The standard InChI is InChI=1S/C19H27NO4/c1-19(2,3)10-8-15(18(22)23)20-17(21)12-16-14-7-5-4-6-13(14)9-11-24-16/h4-7,15-16H,8-12H2,1-3H3,(H,20,21)(H,22,23). The molecule has 0 aromatic heterocycles. The predicted octanol–water partition coefficient (Wildman–Crippen LogP) is 3.09. The minimum atomic E-state index is -0.988. The summed E-state index contributed by atoms with van der Waals surface area (Å²) < 4.78 is 5.72. The van der Waals surface area contributed by atoms with Gasteiger partial charge in [-0.25, -0.2) is 4.79 Å². The molecule has 0 spiro atoms. The molecule has 0 saturated heterocycles. The molecule has 2 atom stereocenters. The normalized spacial score (nSPS) is 18.5. The average molecular weight is 333 g/mol. The van der Waals surface area contributed by atoms with Crippen LogP contribution in [0.2, 0.25) is 0 Å². The van der Waals surface area contributed by atoms with Crippen molar-refractivity contribution >= 4 is 11.9 Å². The van der Waals surface area contributed by atoms with E-state index in [4.69, 9.17) is 4.74 Å². The van der Waals surface area contributed by atoms with Gasteiger partial charge in [0.1, 0.15) is 6.04 Å². The monoisotopic (exact) mass is 333 g/mol. The molecular formula is C19H27NO4. The summed E-state index contributed by atoms with van der Waals surface area (Å²) in [6.45, 7) is 6.75. The van der Waals surface area contributed by atoms with Crippen LogP contribution in [0.25, 0.3) is 0 Å². The number of nitrogens with one attached hydrogen (secondary N) is 1. The lowest BCUT2D eigenvalue weighted by molar-refractivity contribution is -0.142. The third kappa shape index (κ3) is 5.34. The third-order valence-corrected chi connectivity index (χ3v) is 4.28. The van der Waals surface area contributed by atoms with E-state index in [-0.39, 0.29) is 23.8 Å². The number of carbonyl (C=O) groups is 2. The number of carboxylic acid groups (broad SMARTS) is 1. The summed E-state index contributed by atoms with van der Waals surface area (Å²) in [6.07, 6.45) is 1.85. The number of fused-ring (bicyclic) bond motifs is 1. The Morgan fingerprint density at radius 2 is 2.04 bits per heavy atom. The van der Waals surface area contributed by atoms with Gasteiger partial charge in [0.15, 0.2) is 0 Å². The first-order chi connectivity index (χ1) is 11.3. The highest BCUT2D eigenvalue weighted by Crippen LogP contribution is 2.29. The fraction of sp³-hybridized carbons (Fsp3) is 0.579. The van der Waals surface area contributed by atoms with Gasteiger partial charge in [0.05, 0.1) is 19.1 Å². The molecule has 24 heavy (non-hydrogen) atoms. The van der Waals surface area contributed by atoms with Crippen molar-refractivity contribution in [1.29, 1.82) is 0 Å². The zero-order valence-corrected chi connectivity index (χ0v) is 14.7. The number of rotatable bonds is 6. The Hall–Kier alpha value is -1.88. The Morgan fingerprint density at radius 1 is 1.33 bits per heavy atom. The Bertz CT molecular complexity index is 591. The maximum absolute atomic E-state index is 12.3. The molecule has 1 amide bonds. The third-order valence-electron chi connectivity index (χ3n) is 4.28. The first-order valence-corrected chi connectivity index (χ1v) is 8.48. The molecule has 0 bridgehead atoms. The van der Waals surface area contributed by atoms with Crippen LogP contribution in [0.1, 0.15) is 57.3 Å². The predicted molar refractivity (Wildman–Crippen MR) is 91.7 cm³/mol. The topological polar surface area (TPSA) is 75.6 Å². The van der Waals surface area contributed by atoms with Gasteiger partial charge in [0.2, 0.25) is 5.91 Å². The molecule has 1 aliphatic heterocycles. The Morgan fingerprint density at radius 3 is 2.71 bits per heavy atom. The molecule has 132 valence electrons. The van der Waals surface area contributed by atoms with Crippen molar-refractivity contribution in [3.8, 4) is 0 Å². The van der Waals surface area contributed by atoms with Crippen molar-refractivity contribution in [3.05, 3.63) is 35.4 Å². The average Bonchev–Trinajstić information content (AvgIpc) is 2.50. The van der Waals surface area contributed by atoms with Gasteiger partial charge < -0.3 is 15.2 Å². The zero-order chi connectivity index (χ0) is 17.7. The van der Waals surface area contributed by atoms with E-state index in [0.717, 1.165) is 18.4 Å². The van der Waals surface area contributed by atoms with Crippen molar-refractivity contribution in [2.45, 2.75) is 58.6 Å². The molecule has 0 aliphatic carbocycles. The van der Waals surface area contributed by atoms with Crippen LogP contribution < -0.4 is 5.32 Å². The van der Waals surface area contributed by atoms with Crippen molar-refractivity contribution in [2.24, 2.45) is 5.41 Å². The molecule has 5 heteroatoms. The Labute approximate surface area is 143 Å². The van der Waals surface area contributed by atoms with Gasteiger partial charge in [-0.2, -0.15) is 0 Å². The number of ether oxygens (including phenoxy) is 1. The second-order valence-corrected chi connectivity index (χ2v) is 7.57. The van der Waals surface area contributed by atoms with Crippen LogP contribution in [-0.2, 0) is 20.7 Å². The number of amides is 1. The van der Waals surface area contributed by atoms with E-state index in [0.29, 0.717) is 13.0 Å². The number of carboxylic acids is 1. The van der Waals surface area contributed by atoms with Gasteiger partial charge in [-0.3, -0.25) is 4.79 Å². The molecule has 1 heterocycles. The van der Waals surface area contributed by atoms with Gasteiger partial charge in [-0.05, 0) is 35.8 Å². The van der Waals surface area contributed by atoms with Crippen LogP contribution >= 0.6 is 0 Å². The van der Waals surface area contributed by atoms with Gasteiger partial charge in [-0.1, -0.05) is 45.0 Å². The number of hydrogen-bond donors (Lipinski definition) is 2. The SMILES string of the molecule is CC(C)(C)CCC(NC(=O)CC1OCCc2ccccc21)C(=O)O. The fourth-order valence-corrected chi connectivity index (χ4v) is 2.90. The molecular weight excluding hydrogens is 306 g/mol. The van der Waals surface area contributed by atoms with Crippen LogP contribution in [0.15, 0.2) is 24.3 Å². The number of carbonyl (C=O) groups excluding carboxylic acids is 1. The smallest absolute Gasteiger partial charge is 0.326 e. The van der Waals surface area contributed by atoms with Crippen molar-refractivity contribution in [2.75, 3.05) is 6.61 Å². The quantitative estimate of drug-likeness (QED) is 0.839. The summed E-state index contributed by atoms with van der Waals surface area (Å²) in [4.78, 5) is 23.7. The minimum absolute atomic E-state index is 0.0316. The van der Waals surface area contributed by atoms with Gasteiger partial charge in [-0.15, -0.1) is 0 Å². The zero-order valence-electron chi connectivity index (χ0n) is 14.7. The van der Waals surface area contributed by atoms with E-state index in [9.17, 15) is 14.7 Å². The van der Waals surface area contributed by atoms with E-state index < -0.39 is 12.0 Å². The Balaban J connectivity index is 1.95. The van der Waals surface area contributed by atoms with Crippen molar-refractivity contribution in [1.82, 2.24) is 5.32 Å². The van der Waals surface area contributed by atoms with Crippen LogP contribution in [0.4, 0.5) is 0 Å². The first-order valence-electron chi connectivity index (χ1n) is 8.48. The first kappa shape index (κ1) is 18.5. The lowest BCUT2D eigenvalue weighted by atomic mass is 9.88. The molecule has 0 fully saturated rings. The van der Waals surface area contributed by atoms with E-state index in [1.807, 2.05) is 24.3 Å². The van der Waals surface area contributed by atoms with Gasteiger partial charge in [0, 0.05) is 0 Å². The number of hydrogen-bond acceptors (Lipinski definition) is 3. The Kier molecular flexibility index (Phi) is 5.99. The van der Waals surface area contributed by atoms with E-state index in [1.54, 1.807) is 0 Å². The van der Waals surface area contributed by atoms with Crippen LogP contribution in [-0.4, -0.2) is 29.6 Å². The number of benzene rings is 1. The number of aliphatic carboxylic acids is 1. The van der Waals surface area contributed by atoms with E-state index in [2.05, 4.69) is 26.1 Å². The molecule has 2 rings (SSSR count). The lowest BCUT2D eigenvalue weighted by Crippen LogP contribution is -2.42. The second kappa shape index (κ2) is 7.79. The maximum atomic E-state index is 12.3. The maximum Gasteiger partial charge on any atom is 0.326 e. The highest BCUT2D eigenvalue weighted by Gasteiger charge is 2.27.